The first kappa shape index (κ1) is 14.5. The van der Waals surface area contributed by atoms with Crippen LogP contribution in [0.4, 0.5) is 4.79 Å². The molecule has 20 heavy (non-hydrogen) atoms. The van der Waals surface area contributed by atoms with E-state index >= 15 is 0 Å². The van der Waals surface area contributed by atoms with Crippen molar-refractivity contribution in [3.8, 4) is 0 Å². The average molecular weight is 295 g/mol. The highest BCUT2D eigenvalue weighted by molar-refractivity contribution is 7.11. The molecule has 3 unspecified atom stereocenters. The minimum absolute atomic E-state index is 0.172. The van der Waals surface area contributed by atoms with Crippen molar-refractivity contribution in [2.45, 2.75) is 32.4 Å². The lowest BCUT2D eigenvalue weighted by molar-refractivity contribution is -0.140. The van der Waals surface area contributed by atoms with Crippen LogP contribution in [0.25, 0.3) is 0 Å². The molecule has 1 aromatic rings. The van der Waals surface area contributed by atoms with Crippen molar-refractivity contribution in [2.24, 2.45) is 5.92 Å². The predicted molar refractivity (Wildman–Crippen MR) is 75.6 cm³/mol. The van der Waals surface area contributed by atoms with E-state index in [1.165, 1.54) is 11.3 Å². The van der Waals surface area contributed by atoms with E-state index in [1.54, 1.807) is 18.3 Å². The van der Waals surface area contributed by atoms with Crippen LogP contribution in [0.3, 0.4) is 0 Å². The quantitative estimate of drug-likeness (QED) is 0.739. The molecule has 0 radical (unpaired) electrons. The Labute approximate surface area is 120 Å². The molecule has 1 heterocycles. The van der Waals surface area contributed by atoms with Gasteiger partial charge in [0.25, 0.3) is 0 Å². The topological polar surface area (TPSA) is 91.3 Å². The second-order valence-corrected chi connectivity index (χ2v) is 6.09. The molecule has 0 saturated heterocycles. The van der Waals surface area contributed by atoms with Gasteiger partial charge in [0, 0.05) is 11.1 Å². The number of carbonyl (C=O) groups excluding carboxylic acids is 1. The first-order chi connectivity index (χ1) is 9.45. The summed E-state index contributed by atoms with van der Waals surface area (Å²) >= 11 is 1.54. The highest BCUT2D eigenvalue weighted by Crippen LogP contribution is 2.20. The molecule has 6 nitrogen and oxygen atoms in total. The van der Waals surface area contributed by atoms with Crippen LogP contribution in [0.1, 0.15) is 29.3 Å². The molecule has 7 heteroatoms. The van der Waals surface area contributed by atoms with E-state index in [1.807, 2.05) is 13.8 Å². The highest BCUT2D eigenvalue weighted by Gasteiger charge is 2.25. The standard InChI is InChI=1S/C13H17N3O3S/c1-7-6-14-11(20-7)8(2)15-13(19)16-10-4-3-9(5-10)12(17)18/h3-4,6,8-10H,5H2,1-2H3,(H,17,18)(H2,15,16,19). The Morgan fingerprint density at radius 3 is 2.80 bits per heavy atom. The fraction of sp³-hybridized carbons (Fsp3) is 0.462. The van der Waals surface area contributed by atoms with Crippen LogP contribution in [-0.4, -0.2) is 28.1 Å². The van der Waals surface area contributed by atoms with E-state index in [9.17, 15) is 9.59 Å². The van der Waals surface area contributed by atoms with Crippen LogP contribution in [-0.2, 0) is 4.79 Å². The second kappa shape index (κ2) is 6.04. The maximum absolute atomic E-state index is 11.8. The Morgan fingerprint density at radius 1 is 1.50 bits per heavy atom. The molecule has 2 rings (SSSR count). The third-order valence-corrected chi connectivity index (χ3v) is 4.17. The van der Waals surface area contributed by atoms with Gasteiger partial charge in [0.15, 0.2) is 0 Å². The molecule has 2 amide bonds. The molecule has 3 atom stereocenters. The SMILES string of the molecule is Cc1cnc(C(C)NC(=O)NC2C=CC(C(=O)O)C2)s1. The van der Waals surface area contributed by atoms with E-state index in [-0.39, 0.29) is 18.1 Å². The van der Waals surface area contributed by atoms with Crippen molar-refractivity contribution in [3.05, 3.63) is 28.2 Å². The molecule has 108 valence electrons. The zero-order valence-electron chi connectivity index (χ0n) is 11.3. The minimum Gasteiger partial charge on any atom is -0.481 e. The summed E-state index contributed by atoms with van der Waals surface area (Å²) in [6.45, 7) is 3.83. The number of amides is 2. The van der Waals surface area contributed by atoms with Crippen LogP contribution in [0.5, 0.6) is 0 Å². The molecule has 0 aliphatic heterocycles. The number of carboxylic acid groups (broad SMARTS) is 1. The maximum Gasteiger partial charge on any atom is 0.315 e. The number of aliphatic carboxylic acids is 1. The van der Waals surface area contributed by atoms with Crippen LogP contribution < -0.4 is 10.6 Å². The third kappa shape index (κ3) is 3.57. The van der Waals surface area contributed by atoms with Gasteiger partial charge in [0.2, 0.25) is 0 Å². The number of carbonyl (C=O) groups is 2. The number of aryl methyl sites for hydroxylation is 1. The van der Waals surface area contributed by atoms with Gasteiger partial charge in [-0.15, -0.1) is 11.3 Å². The molecule has 1 aliphatic carbocycles. The minimum atomic E-state index is -0.863. The normalized spacial score (nSPS) is 22.5. The van der Waals surface area contributed by atoms with E-state index in [4.69, 9.17) is 5.11 Å². The van der Waals surface area contributed by atoms with Crippen LogP contribution in [0, 0.1) is 12.8 Å². The van der Waals surface area contributed by atoms with Gasteiger partial charge in [-0.25, -0.2) is 9.78 Å². The van der Waals surface area contributed by atoms with E-state index < -0.39 is 11.9 Å². The zero-order valence-corrected chi connectivity index (χ0v) is 12.1. The van der Waals surface area contributed by atoms with Gasteiger partial charge >= 0.3 is 12.0 Å². The smallest absolute Gasteiger partial charge is 0.315 e. The van der Waals surface area contributed by atoms with Crippen molar-refractivity contribution < 1.29 is 14.7 Å². The predicted octanol–water partition coefficient (Wildman–Crippen LogP) is 1.84. The first-order valence-corrected chi connectivity index (χ1v) is 7.18. The molecule has 0 bridgehead atoms. The molecule has 0 saturated carbocycles. The molecule has 0 fully saturated rings. The summed E-state index contributed by atoms with van der Waals surface area (Å²) in [5.41, 5.74) is 0. The van der Waals surface area contributed by atoms with Crippen molar-refractivity contribution in [2.75, 3.05) is 0 Å². The average Bonchev–Trinajstić information content (AvgIpc) is 2.98. The highest BCUT2D eigenvalue weighted by atomic mass is 32.1. The van der Waals surface area contributed by atoms with E-state index in [0.717, 1.165) is 9.88 Å². The molecule has 0 aromatic carbocycles. The summed E-state index contributed by atoms with van der Waals surface area (Å²) in [6.07, 6.45) is 5.50. The summed E-state index contributed by atoms with van der Waals surface area (Å²) in [6, 6.07) is -0.721. The van der Waals surface area contributed by atoms with Gasteiger partial charge in [-0.3, -0.25) is 4.79 Å². The summed E-state index contributed by atoms with van der Waals surface area (Å²) in [5.74, 6) is -1.38. The number of hydrogen-bond acceptors (Lipinski definition) is 4. The maximum atomic E-state index is 11.8. The third-order valence-electron chi connectivity index (χ3n) is 3.07. The van der Waals surface area contributed by atoms with Crippen molar-refractivity contribution in [1.82, 2.24) is 15.6 Å². The lowest BCUT2D eigenvalue weighted by Gasteiger charge is -2.16. The Bertz CT molecular complexity index is 541. The van der Waals surface area contributed by atoms with E-state index in [0.29, 0.717) is 6.42 Å². The molecular formula is C13H17N3O3S. The molecule has 3 N–H and O–H groups in total. The summed E-state index contributed by atoms with van der Waals surface area (Å²) in [7, 11) is 0. The monoisotopic (exact) mass is 295 g/mol. The number of nitrogens with zero attached hydrogens (tertiary/aromatic N) is 1. The zero-order chi connectivity index (χ0) is 14.7. The number of thiazole rings is 1. The molecular weight excluding hydrogens is 278 g/mol. The summed E-state index contributed by atoms with van der Waals surface area (Å²) in [4.78, 5) is 28.0. The number of rotatable bonds is 4. The lowest BCUT2D eigenvalue weighted by Crippen LogP contribution is -2.42. The Balaban J connectivity index is 1.82. The second-order valence-electron chi connectivity index (χ2n) is 4.82. The fourth-order valence-electron chi connectivity index (χ4n) is 2.03. The Kier molecular flexibility index (Phi) is 4.39. The summed E-state index contributed by atoms with van der Waals surface area (Å²) in [5, 5.41) is 15.3. The number of nitrogens with one attached hydrogen (secondary N) is 2. The number of hydrogen-bond donors (Lipinski definition) is 3. The Hall–Kier alpha value is -1.89. The van der Waals surface area contributed by atoms with Crippen LogP contribution in [0.15, 0.2) is 18.3 Å². The molecule has 0 spiro atoms. The van der Waals surface area contributed by atoms with Gasteiger partial charge in [-0.05, 0) is 20.3 Å². The first-order valence-electron chi connectivity index (χ1n) is 6.36. The number of urea groups is 1. The molecule has 1 aliphatic rings. The lowest BCUT2D eigenvalue weighted by atomic mass is 10.1. The van der Waals surface area contributed by atoms with Gasteiger partial charge in [-0.1, -0.05) is 12.2 Å². The van der Waals surface area contributed by atoms with Crippen molar-refractivity contribution in [3.63, 3.8) is 0 Å². The Morgan fingerprint density at radius 2 is 2.25 bits per heavy atom. The van der Waals surface area contributed by atoms with Gasteiger partial charge in [-0.2, -0.15) is 0 Å². The number of carboxylic acids is 1. The van der Waals surface area contributed by atoms with Crippen molar-refractivity contribution >= 4 is 23.3 Å². The van der Waals surface area contributed by atoms with Crippen LogP contribution in [0.2, 0.25) is 0 Å². The number of aromatic nitrogens is 1. The summed E-state index contributed by atoms with van der Waals surface area (Å²) < 4.78 is 0. The van der Waals surface area contributed by atoms with Gasteiger partial charge in [0.1, 0.15) is 5.01 Å². The van der Waals surface area contributed by atoms with Crippen LogP contribution >= 0.6 is 11.3 Å². The van der Waals surface area contributed by atoms with Gasteiger partial charge in [0.05, 0.1) is 18.0 Å². The van der Waals surface area contributed by atoms with Crippen molar-refractivity contribution in [1.29, 1.82) is 0 Å². The fourth-order valence-corrected chi connectivity index (χ4v) is 2.81. The van der Waals surface area contributed by atoms with Gasteiger partial charge < -0.3 is 15.7 Å². The molecule has 1 aromatic heterocycles. The largest absolute Gasteiger partial charge is 0.481 e. The van der Waals surface area contributed by atoms with E-state index in [2.05, 4.69) is 15.6 Å².